The van der Waals surface area contributed by atoms with Gasteiger partial charge in [-0.2, -0.15) is 0 Å². The number of methoxy groups -OCH3 is 1. The normalized spacial score (nSPS) is 17.6. The molecular weight excluding hydrogens is 195 g/mol. The van der Waals surface area contributed by atoms with Crippen molar-refractivity contribution in [2.75, 3.05) is 7.11 Å². The molecule has 2 nitrogen and oxygen atoms in total. The van der Waals surface area contributed by atoms with E-state index in [1.165, 1.54) is 13.2 Å². The summed E-state index contributed by atoms with van der Waals surface area (Å²) in [7, 11) is 1.46. The van der Waals surface area contributed by atoms with Gasteiger partial charge >= 0.3 is 0 Å². The van der Waals surface area contributed by atoms with E-state index < -0.39 is 5.60 Å². The first-order valence-electron chi connectivity index (χ1n) is 5.10. The van der Waals surface area contributed by atoms with E-state index in [1.54, 1.807) is 6.07 Å². The Morgan fingerprint density at radius 1 is 1.47 bits per heavy atom. The van der Waals surface area contributed by atoms with Crippen molar-refractivity contribution in [3.63, 3.8) is 0 Å². The summed E-state index contributed by atoms with van der Waals surface area (Å²) >= 11 is 0. The van der Waals surface area contributed by atoms with Gasteiger partial charge in [0.05, 0.1) is 12.7 Å². The fraction of sp³-hybridized carbons (Fsp3) is 0.500. The molecule has 0 bridgehead atoms. The summed E-state index contributed by atoms with van der Waals surface area (Å²) < 4.78 is 18.5. The molecule has 0 aliphatic heterocycles. The molecule has 0 saturated heterocycles. The van der Waals surface area contributed by atoms with Crippen molar-refractivity contribution < 1.29 is 14.2 Å². The Bertz CT molecular complexity index is 383. The SMILES string of the molecule is COc1c(F)ccc(C)c1CC1(O)CC1. The van der Waals surface area contributed by atoms with Crippen LogP contribution in [-0.2, 0) is 6.42 Å². The highest BCUT2D eigenvalue weighted by molar-refractivity contribution is 5.42. The number of rotatable bonds is 3. The molecule has 3 heteroatoms. The maximum atomic E-state index is 13.4. The van der Waals surface area contributed by atoms with Gasteiger partial charge in [0.2, 0.25) is 0 Å². The molecule has 0 atom stereocenters. The third-order valence-corrected chi connectivity index (χ3v) is 2.98. The van der Waals surface area contributed by atoms with E-state index in [9.17, 15) is 9.50 Å². The predicted octanol–water partition coefficient (Wildman–Crippen LogP) is 2.21. The molecule has 1 saturated carbocycles. The first-order valence-corrected chi connectivity index (χ1v) is 5.10. The molecule has 1 aliphatic rings. The van der Waals surface area contributed by atoms with Gasteiger partial charge in [0.25, 0.3) is 0 Å². The van der Waals surface area contributed by atoms with Gasteiger partial charge in [-0.15, -0.1) is 0 Å². The van der Waals surface area contributed by atoms with Crippen LogP contribution >= 0.6 is 0 Å². The third kappa shape index (κ3) is 1.97. The van der Waals surface area contributed by atoms with Crippen LogP contribution in [-0.4, -0.2) is 17.8 Å². The van der Waals surface area contributed by atoms with Gasteiger partial charge in [-0.25, -0.2) is 4.39 Å². The van der Waals surface area contributed by atoms with Crippen molar-refractivity contribution in [3.05, 3.63) is 29.1 Å². The van der Waals surface area contributed by atoms with E-state index in [-0.39, 0.29) is 11.6 Å². The minimum atomic E-state index is -0.619. The van der Waals surface area contributed by atoms with Gasteiger partial charge in [0, 0.05) is 12.0 Å². The van der Waals surface area contributed by atoms with Crippen LogP contribution in [0, 0.1) is 12.7 Å². The highest BCUT2D eigenvalue weighted by Gasteiger charge is 2.41. The zero-order valence-corrected chi connectivity index (χ0v) is 9.01. The van der Waals surface area contributed by atoms with Crippen molar-refractivity contribution in [1.29, 1.82) is 0 Å². The average Bonchev–Trinajstić information content (AvgIpc) is 2.91. The Labute approximate surface area is 88.7 Å². The predicted molar refractivity (Wildman–Crippen MR) is 55.6 cm³/mol. The van der Waals surface area contributed by atoms with Crippen LogP contribution in [0.3, 0.4) is 0 Å². The third-order valence-electron chi connectivity index (χ3n) is 2.98. The molecule has 0 unspecified atom stereocenters. The summed E-state index contributed by atoms with van der Waals surface area (Å²) in [5.41, 5.74) is 1.14. The van der Waals surface area contributed by atoms with Crippen molar-refractivity contribution in [3.8, 4) is 5.75 Å². The lowest BCUT2D eigenvalue weighted by atomic mass is 10.00. The van der Waals surface area contributed by atoms with Crippen LogP contribution in [0.25, 0.3) is 0 Å². The topological polar surface area (TPSA) is 29.5 Å². The van der Waals surface area contributed by atoms with Crippen molar-refractivity contribution in [2.45, 2.75) is 31.8 Å². The molecule has 15 heavy (non-hydrogen) atoms. The van der Waals surface area contributed by atoms with Gasteiger partial charge in [-0.3, -0.25) is 0 Å². The van der Waals surface area contributed by atoms with Gasteiger partial charge in [-0.1, -0.05) is 6.07 Å². The minimum Gasteiger partial charge on any atom is -0.493 e. The molecular formula is C12H15FO2. The van der Waals surface area contributed by atoms with E-state index in [0.29, 0.717) is 6.42 Å². The Hall–Kier alpha value is -1.09. The van der Waals surface area contributed by atoms with Gasteiger partial charge in [0.15, 0.2) is 11.6 Å². The van der Waals surface area contributed by atoms with Crippen molar-refractivity contribution in [2.24, 2.45) is 0 Å². The zero-order valence-electron chi connectivity index (χ0n) is 9.01. The van der Waals surface area contributed by atoms with Crippen LogP contribution in [0.4, 0.5) is 4.39 Å². The van der Waals surface area contributed by atoms with E-state index >= 15 is 0 Å². The number of hydrogen-bond acceptors (Lipinski definition) is 2. The fourth-order valence-corrected chi connectivity index (χ4v) is 1.79. The number of aryl methyl sites for hydroxylation is 1. The molecule has 1 aliphatic carbocycles. The molecule has 1 aromatic carbocycles. The quantitative estimate of drug-likeness (QED) is 0.828. The summed E-state index contributed by atoms with van der Waals surface area (Å²) in [6.07, 6.45) is 2.08. The number of halogens is 1. The zero-order chi connectivity index (χ0) is 11.1. The van der Waals surface area contributed by atoms with Crippen LogP contribution in [0.1, 0.15) is 24.0 Å². The maximum absolute atomic E-state index is 13.4. The molecule has 0 heterocycles. The van der Waals surface area contributed by atoms with E-state index in [1.807, 2.05) is 6.92 Å². The monoisotopic (exact) mass is 210 g/mol. The Morgan fingerprint density at radius 3 is 2.67 bits per heavy atom. The molecule has 2 rings (SSSR count). The average molecular weight is 210 g/mol. The number of hydrogen-bond donors (Lipinski definition) is 1. The molecule has 1 aromatic rings. The summed E-state index contributed by atoms with van der Waals surface area (Å²) in [4.78, 5) is 0. The minimum absolute atomic E-state index is 0.273. The summed E-state index contributed by atoms with van der Waals surface area (Å²) in [6, 6.07) is 3.12. The van der Waals surface area contributed by atoms with Crippen LogP contribution < -0.4 is 4.74 Å². The van der Waals surface area contributed by atoms with E-state index in [0.717, 1.165) is 24.0 Å². The second kappa shape index (κ2) is 3.49. The molecule has 1 fully saturated rings. The highest BCUT2D eigenvalue weighted by atomic mass is 19.1. The van der Waals surface area contributed by atoms with Gasteiger partial charge < -0.3 is 9.84 Å². The first-order chi connectivity index (χ1) is 7.06. The largest absolute Gasteiger partial charge is 0.493 e. The Morgan fingerprint density at radius 2 is 2.13 bits per heavy atom. The smallest absolute Gasteiger partial charge is 0.165 e. The van der Waals surface area contributed by atoms with Gasteiger partial charge in [-0.05, 0) is 31.4 Å². The number of ether oxygens (including phenoxy) is 1. The first kappa shape index (κ1) is 10.4. The number of aliphatic hydroxyl groups is 1. The summed E-state index contributed by atoms with van der Waals surface area (Å²) in [5.74, 6) is -0.0855. The molecule has 0 amide bonds. The van der Waals surface area contributed by atoms with Crippen LogP contribution in [0.2, 0.25) is 0 Å². The highest BCUT2D eigenvalue weighted by Crippen LogP contribution is 2.41. The van der Waals surface area contributed by atoms with Gasteiger partial charge in [0.1, 0.15) is 0 Å². The molecule has 1 N–H and O–H groups in total. The van der Waals surface area contributed by atoms with E-state index in [2.05, 4.69) is 0 Å². The van der Waals surface area contributed by atoms with Crippen molar-refractivity contribution >= 4 is 0 Å². The Kier molecular flexibility index (Phi) is 2.43. The van der Waals surface area contributed by atoms with Crippen LogP contribution in [0.15, 0.2) is 12.1 Å². The standard InChI is InChI=1S/C12H15FO2/c1-8-3-4-10(13)11(15-2)9(8)7-12(14)5-6-12/h3-4,14H,5-7H2,1-2H3. The number of benzene rings is 1. The fourth-order valence-electron chi connectivity index (χ4n) is 1.79. The summed E-state index contributed by atoms with van der Waals surface area (Å²) in [5, 5.41) is 9.84. The van der Waals surface area contributed by atoms with Crippen LogP contribution in [0.5, 0.6) is 5.75 Å². The molecule has 0 radical (unpaired) electrons. The molecule has 82 valence electrons. The summed E-state index contributed by atoms with van der Waals surface area (Å²) in [6.45, 7) is 1.91. The molecule has 0 aromatic heterocycles. The van der Waals surface area contributed by atoms with Crippen molar-refractivity contribution in [1.82, 2.24) is 0 Å². The second-order valence-corrected chi connectivity index (χ2v) is 4.28. The lowest BCUT2D eigenvalue weighted by molar-refractivity contribution is 0.149. The Balaban J connectivity index is 2.38. The lowest BCUT2D eigenvalue weighted by Gasteiger charge is -2.15. The second-order valence-electron chi connectivity index (χ2n) is 4.28. The van der Waals surface area contributed by atoms with E-state index in [4.69, 9.17) is 4.74 Å². The lowest BCUT2D eigenvalue weighted by Crippen LogP contribution is -2.13. The maximum Gasteiger partial charge on any atom is 0.165 e. The molecule has 0 spiro atoms.